The largest absolute Gasteiger partial charge is 0.317 e. The van der Waals surface area contributed by atoms with E-state index < -0.39 is 0 Å². The van der Waals surface area contributed by atoms with E-state index in [4.69, 9.17) is 0 Å². The Kier molecular flexibility index (Phi) is 8.33. The molecule has 10 heavy (non-hydrogen) atoms. The average Bonchev–Trinajstić information content (AvgIpc) is 1.98. The van der Waals surface area contributed by atoms with Crippen LogP contribution >= 0.6 is 22.6 Å². The lowest BCUT2D eigenvalue weighted by atomic mass is 10.1. The third-order valence-corrected chi connectivity index (χ3v) is 3.07. The van der Waals surface area contributed by atoms with Gasteiger partial charge in [0.15, 0.2) is 0 Å². The highest BCUT2D eigenvalue weighted by Crippen LogP contribution is 2.07. The van der Waals surface area contributed by atoms with Gasteiger partial charge in [0.05, 0.1) is 0 Å². The molecule has 1 atom stereocenters. The molecule has 62 valence electrons. The Morgan fingerprint density at radius 3 is 2.70 bits per heavy atom. The molecule has 0 aliphatic heterocycles. The van der Waals surface area contributed by atoms with Crippen LogP contribution < -0.4 is 5.32 Å². The second-order valence-corrected chi connectivity index (χ2v) is 3.64. The van der Waals surface area contributed by atoms with Crippen molar-refractivity contribution >= 4 is 22.6 Å². The molecule has 0 heterocycles. The minimum Gasteiger partial charge on any atom is -0.317 e. The lowest BCUT2D eigenvalue weighted by Crippen LogP contribution is -2.14. The molecule has 1 unspecified atom stereocenters. The number of hydrogen-bond acceptors (Lipinski definition) is 1. The fraction of sp³-hybridized carbons (Fsp3) is 1.00. The molecule has 1 nitrogen and oxygen atoms in total. The highest BCUT2D eigenvalue weighted by atomic mass is 127. The maximum Gasteiger partial charge on any atom is 0.00210 e. The minimum atomic E-state index is 0.902. The first kappa shape index (κ1) is 10.7. The van der Waals surface area contributed by atoms with Gasteiger partial charge in [-0.05, 0) is 31.8 Å². The van der Waals surface area contributed by atoms with Crippen molar-refractivity contribution in [2.45, 2.75) is 26.7 Å². The first-order valence-corrected chi connectivity index (χ1v) is 5.60. The van der Waals surface area contributed by atoms with Gasteiger partial charge in [-0.25, -0.2) is 0 Å². The number of hydrogen-bond donors (Lipinski definition) is 1. The molecule has 1 N–H and O–H groups in total. The quantitative estimate of drug-likeness (QED) is 0.436. The molecule has 0 aliphatic carbocycles. The van der Waals surface area contributed by atoms with Gasteiger partial charge < -0.3 is 5.32 Å². The first-order chi connectivity index (χ1) is 4.81. The Morgan fingerprint density at radius 2 is 2.20 bits per heavy atom. The summed E-state index contributed by atoms with van der Waals surface area (Å²) in [6.07, 6.45) is 2.70. The second kappa shape index (κ2) is 7.79. The minimum absolute atomic E-state index is 0.902. The maximum absolute atomic E-state index is 3.33. The molecule has 0 rings (SSSR count). The third kappa shape index (κ3) is 6.81. The van der Waals surface area contributed by atoms with E-state index in [1.165, 1.54) is 23.8 Å². The number of nitrogens with one attached hydrogen (secondary N) is 1. The summed E-state index contributed by atoms with van der Waals surface area (Å²) in [4.78, 5) is 0. The fourth-order valence-corrected chi connectivity index (χ4v) is 1.27. The van der Waals surface area contributed by atoms with Gasteiger partial charge in [0, 0.05) is 4.43 Å². The van der Waals surface area contributed by atoms with E-state index >= 15 is 0 Å². The Hall–Kier alpha value is 0.690. The summed E-state index contributed by atoms with van der Waals surface area (Å²) in [5.74, 6) is 0.902. The molecule has 0 saturated carbocycles. The van der Waals surface area contributed by atoms with Gasteiger partial charge in [-0.3, -0.25) is 0 Å². The lowest BCUT2D eigenvalue weighted by Gasteiger charge is -2.06. The van der Waals surface area contributed by atoms with Crippen molar-refractivity contribution in [1.82, 2.24) is 5.32 Å². The van der Waals surface area contributed by atoms with Crippen molar-refractivity contribution in [3.63, 3.8) is 0 Å². The van der Waals surface area contributed by atoms with Crippen LogP contribution in [0.15, 0.2) is 0 Å². The predicted molar refractivity (Wildman–Crippen MR) is 55.8 cm³/mol. The fourth-order valence-electron chi connectivity index (χ4n) is 0.829. The first-order valence-electron chi connectivity index (χ1n) is 4.08. The summed E-state index contributed by atoms with van der Waals surface area (Å²) in [6, 6.07) is 0. The van der Waals surface area contributed by atoms with E-state index in [1.807, 2.05) is 0 Å². The number of halogens is 1. The highest BCUT2D eigenvalue weighted by molar-refractivity contribution is 14.1. The van der Waals surface area contributed by atoms with Crippen molar-refractivity contribution < 1.29 is 0 Å². The zero-order valence-electron chi connectivity index (χ0n) is 6.99. The molecule has 0 aromatic rings. The molecule has 0 radical (unpaired) electrons. The van der Waals surface area contributed by atoms with E-state index in [0.717, 1.165) is 12.5 Å². The summed E-state index contributed by atoms with van der Waals surface area (Å²) in [6.45, 7) is 6.77. The van der Waals surface area contributed by atoms with Gasteiger partial charge in [-0.1, -0.05) is 36.4 Å². The van der Waals surface area contributed by atoms with E-state index in [9.17, 15) is 0 Å². The Labute approximate surface area is 78.1 Å². The molecular formula is C8H18IN. The smallest absolute Gasteiger partial charge is 0.00210 e. The van der Waals surface area contributed by atoms with Crippen LogP contribution in [0.2, 0.25) is 0 Å². The topological polar surface area (TPSA) is 12.0 Å². The second-order valence-electron chi connectivity index (χ2n) is 2.76. The normalized spacial score (nSPS) is 13.5. The zero-order valence-corrected chi connectivity index (χ0v) is 9.15. The van der Waals surface area contributed by atoms with Crippen LogP contribution in [-0.4, -0.2) is 17.5 Å². The number of alkyl halides is 1. The van der Waals surface area contributed by atoms with Crippen LogP contribution in [-0.2, 0) is 0 Å². The summed E-state index contributed by atoms with van der Waals surface area (Å²) < 4.78 is 1.30. The van der Waals surface area contributed by atoms with Crippen LogP contribution in [0.25, 0.3) is 0 Å². The average molecular weight is 255 g/mol. The predicted octanol–water partition coefficient (Wildman–Crippen LogP) is 2.45. The van der Waals surface area contributed by atoms with Crippen LogP contribution in [0, 0.1) is 5.92 Å². The molecule has 0 bridgehead atoms. The van der Waals surface area contributed by atoms with Gasteiger partial charge in [0.2, 0.25) is 0 Å². The molecule has 0 spiro atoms. The molecule has 2 heteroatoms. The van der Waals surface area contributed by atoms with Crippen molar-refractivity contribution in [2.75, 3.05) is 17.5 Å². The molecule has 0 fully saturated rings. The van der Waals surface area contributed by atoms with E-state index in [-0.39, 0.29) is 0 Å². The van der Waals surface area contributed by atoms with Gasteiger partial charge in [0.25, 0.3) is 0 Å². The van der Waals surface area contributed by atoms with Crippen LogP contribution in [0.5, 0.6) is 0 Å². The standard InChI is InChI=1S/C8H18IN/c1-3-10-6-4-5-8(2)7-9/h8,10H,3-7H2,1-2H3. The van der Waals surface area contributed by atoms with Crippen molar-refractivity contribution in [3.05, 3.63) is 0 Å². The summed E-state index contributed by atoms with van der Waals surface area (Å²) in [5, 5.41) is 3.33. The molecule has 0 saturated heterocycles. The summed E-state index contributed by atoms with van der Waals surface area (Å²) >= 11 is 2.45. The Bertz CT molecular complexity index is 66.3. The SMILES string of the molecule is CCNCCCC(C)CI. The van der Waals surface area contributed by atoms with Crippen molar-refractivity contribution in [3.8, 4) is 0 Å². The number of rotatable bonds is 6. The molecular weight excluding hydrogens is 237 g/mol. The van der Waals surface area contributed by atoms with E-state index in [2.05, 4.69) is 41.8 Å². The third-order valence-electron chi connectivity index (χ3n) is 1.56. The summed E-state index contributed by atoms with van der Waals surface area (Å²) in [7, 11) is 0. The van der Waals surface area contributed by atoms with Crippen LogP contribution in [0.1, 0.15) is 26.7 Å². The van der Waals surface area contributed by atoms with Crippen molar-refractivity contribution in [2.24, 2.45) is 5.92 Å². The zero-order chi connectivity index (χ0) is 7.82. The molecule has 0 aromatic carbocycles. The van der Waals surface area contributed by atoms with E-state index in [0.29, 0.717) is 0 Å². The van der Waals surface area contributed by atoms with Crippen LogP contribution in [0.3, 0.4) is 0 Å². The summed E-state index contributed by atoms with van der Waals surface area (Å²) in [5.41, 5.74) is 0. The van der Waals surface area contributed by atoms with Gasteiger partial charge in [-0.2, -0.15) is 0 Å². The van der Waals surface area contributed by atoms with Gasteiger partial charge in [-0.15, -0.1) is 0 Å². The molecule has 0 aliphatic rings. The Morgan fingerprint density at radius 1 is 1.50 bits per heavy atom. The molecule has 0 aromatic heterocycles. The maximum atomic E-state index is 3.33. The highest BCUT2D eigenvalue weighted by Gasteiger charge is 1.97. The molecule has 0 amide bonds. The van der Waals surface area contributed by atoms with Gasteiger partial charge >= 0.3 is 0 Å². The monoisotopic (exact) mass is 255 g/mol. The van der Waals surface area contributed by atoms with Gasteiger partial charge in [0.1, 0.15) is 0 Å². The van der Waals surface area contributed by atoms with E-state index in [1.54, 1.807) is 0 Å². The van der Waals surface area contributed by atoms with Crippen molar-refractivity contribution in [1.29, 1.82) is 0 Å². The lowest BCUT2D eigenvalue weighted by molar-refractivity contribution is 0.544. The Balaban J connectivity index is 2.89. The van der Waals surface area contributed by atoms with Crippen LogP contribution in [0.4, 0.5) is 0 Å².